The van der Waals surface area contributed by atoms with Gasteiger partial charge in [-0.15, -0.1) is 11.3 Å². The van der Waals surface area contributed by atoms with Crippen molar-refractivity contribution in [2.75, 3.05) is 0 Å². The molecular weight excluding hydrogens is 198 g/mol. The van der Waals surface area contributed by atoms with E-state index in [-0.39, 0.29) is 6.42 Å². The molecule has 3 nitrogen and oxygen atoms in total. The lowest BCUT2D eigenvalue weighted by Crippen LogP contribution is -2.08. The molecule has 0 unspecified atom stereocenters. The average molecular weight is 211 g/mol. The number of carbonyl (C=O) groups excluding carboxylic acids is 1. The molecule has 0 bridgehead atoms. The molecule has 0 radical (unpaired) electrons. The number of aromatic nitrogens is 1. The SMILES string of the molecule is C/C(=C\c1csc(C)n1)[C@@H](O)CC=O. The fraction of sp³-hybridized carbons (Fsp3) is 0.400. The quantitative estimate of drug-likeness (QED) is 0.773. The number of hydrogen-bond donors (Lipinski definition) is 1. The minimum Gasteiger partial charge on any atom is -0.388 e. The van der Waals surface area contributed by atoms with Crippen molar-refractivity contribution >= 4 is 23.7 Å². The number of thiazole rings is 1. The number of aryl methyl sites for hydroxylation is 1. The summed E-state index contributed by atoms with van der Waals surface area (Å²) in [5.41, 5.74) is 1.61. The van der Waals surface area contributed by atoms with Gasteiger partial charge in [0.2, 0.25) is 0 Å². The number of carbonyl (C=O) groups is 1. The van der Waals surface area contributed by atoms with E-state index in [0.717, 1.165) is 16.3 Å². The van der Waals surface area contributed by atoms with Crippen molar-refractivity contribution in [2.45, 2.75) is 26.4 Å². The second-order valence-electron chi connectivity index (χ2n) is 3.10. The van der Waals surface area contributed by atoms with Crippen LogP contribution in [0.2, 0.25) is 0 Å². The van der Waals surface area contributed by atoms with E-state index in [9.17, 15) is 9.90 Å². The average Bonchev–Trinajstić information content (AvgIpc) is 2.51. The molecule has 0 spiro atoms. The molecule has 4 heteroatoms. The largest absolute Gasteiger partial charge is 0.388 e. The minimum absolute atomic E-state index is 0.144. The highest BCUT2D eigenvalue weighted by Crippen LogP contribution is 2.14. The lowest BCUT2D eigenvalue weighted by molar-refractivity contribution is -0.109. The van der Waals surface area contributed by atoms with Gasteiger partial charge in [0.15, 0.2) is 0 Å². The Kier molecular flexibility index (Phi) is 3.98. The zero-order chi connectivity index (χ0) is 10.6. The van der Waals surface area contributed by atoms with E-state index in [4.69, 9.17) is 0 Å². The van der Waals surface area contributed by atoms with Crippen LogP contribution in [0.4, 0.5) is 0 Å². The van der Waals surface area contributed by atoms with Crippen LogP contribution in [-0.4, -0.2) is 22.5 Å². The first-order valence-corrected chi connectivity index (χ1v) is 5.23. The summed E-state index contributed by atoms with van der Waals surface area (Å²) >= 11 is 1.56. The van der Waals surface area contributed by atoms with E-state index < -0.39 is 6.10 Å². The summed E-state index contributed by atoms with van der Waals surface area (Å²) in [6, 6.07) is 0. The Balaban J connectivity index is 2.72. The fourth-order valence-corrected chi connectivity index (χ4v) is 1.62. The summed E-state index contributed by atoms with van der Waals surface area (Å²) in [7, 11) is 0. The first kappa shape index (κ1) is 11.1. The predicted molar refractivity (Wildman–Crippen MR) is 57.2 cm³/mol. The van der Waals surface area contributed by atoms with Gasteiger partial charge in [-0.3, -0.25) is 0 Å². The second-order valence-corrected chi connectivity index (χ2v) is 4.16. The lowest BCUT2D eigenvalue weighted by Gasteiger charge is -2.05. The maximum Gasteiger partial charge on any atom is 0.122 e. The first-order chi connectivity index (χ1) is 6.63. The molecular formula is C10H13NO2S. The summed E-state index contributed by atoms with van der Waals surface area (Å²) < 4.78 is 0. The molecule has 0 aliphatic rings. The van der Waals surface area contributed by atoms with Crippen molar-refractivity contribution in [3.8, 4) is 0 Å². The molecule has 1 aromatic heterocycles. The number of aldehydes is 1. The van der Waals surface area contributed by atoms with Crippen molar-refractivity contribution in [2.24, 2.45) is 0 Å². The first-order valence-electron chi connectivity index (χ1n) is 4.35. The van der Waals surface area contributed by atoms with Crippen molar-refractivity contribution in [3.05, 3.63) is 21.7 Å². The molecule has 0 amide bonds. The van der Waals surface area contributed by atoms with Gasteiger partial charge in [-0.05, 0) is 25.5 Å². The van der Waals surface area contributed by atoms with Gasteiger partial charge in [0.05, 0.1) is 16.8 Å². The number of rotatable bonds is 4. The standard InChI is InChI=1S/C10H13NO2S/c1-7(10(13)3-4-12)5-9-6-14-8(2)11-9/h4-6,10,13H,3H2,1-2H3/b7-5+/t10-/m0/s1. The van der Waals surface area contributed by atoms with Gasteiger partial charge in [-0.25, -0.2) is 4.98 Å². The van der Waals surface area contributed by atoms with Gasteiger partial charge in [-0.2, -0.15) is 0 Å². The molecule has 1 aromatic rings. The summed E-state index contributed by atoms with van der Waals surface area (Å²) in [6.07, 6.45) is 1.98. The predicted octanol–water partition coefficient (Wildman–Crippen LogP) is 1.80. The van der Waals surface area contributed by atoms with Gasteiger partial charge in [0.1, 0.15) is 6.29 Å². The molecule has 1 rings (SSSR count). The summed E-state index contributed by atoms with van der Waals surface area (Å²) in [4.78, 5) is 14.4. The zero-order valence-electron chi connectivity index (χ0n) is 8.23. The van der Waals surface area contributed by atoms with Crippen LogP contribution in [0.1, 0.15) is 24.0 Å². The molecule has 0 saturated heterocycles. The molecule has 0 fully saturated rings. The topological polar surface area (TPSA) is 50.2 Å². The molecule has 14 heavy (non-hydrogen) atoms. The molecule has 1 heterocycles. The summed E-state index contributed by atoms with van der Waals surface area (Å²) in [6.45, 7) is 3.72. The van der Waals surface area contributed by atoms with E-state index in [2.05, 4.69) is 4.98 Å². The Bertz CT molecular complexity index is 344. The zero-order valence-corrected chi connectivity index (χ0v) is 9.04. The molecule has 0 aromatic carbocycles. The van der Waals surface area contributed by atoms with E-state index >= 15 is 0 Å². The Labute approximate surface area is 87.1 Å². The third-order valence-electron chi connectivity index (χ3n) is 1.86. The van der Waals surface area contributed by atoms with Crippen LogP contribution >= 0.6 is 11.3 Å². The van der Waals surface area contributed by atoms with E-state index in [1.807, 2.05) is 12.3 Å². The van der Waals surface area contributed by atoms with Gasteiger partial charge in [-0.1, -0.05) is 0 Å². The van der Waals surface area contributed by atoms with E-state index in [1.165, 1.54) is 0 Å². The van der Waals surface area contributed by atoms with Crippen LogP contribution in [-0.2, 0) is 4.79 Å². The fourth-order valence-electron chi connectivity index (χ4n) is 1.05. The van der Waals surface area contributed by atoms with Crippen LogP contribution in [0.3, 0.4) is 0 Å². The van der Waals surface area contributed by atoms with Gasteiger partial charge < -0.3 is 9.90 Å². The highest BCUT2D eigenvalue weighted by Gasteiger charge is 2.05. The molecule has 0 aliphatic heterocycles. The Morgan fingerprint density at radius 3 is 3.00 bits per heavy atom. The molecule has 0 aliphatic carbocycles. The van der Waals surface area contributed by atoms with Crippen molar-refractivity contribution in [1.82, 2.24) is 4.98 Å². The number of aliphatic hydroxyl groups excluding tert-OH is 1. The Morgan fingerprint density at radius 2 is 2.50 bits per heavy atom. The molecule has 1 atom stereocenters. The van der Waals surface area contributed by atoms with Gasteiger partial charge in [0.25, 0.3) is 0 Å². The smallest absolute Gasteiger partial charge is 0.122 e. The van der Waals surface area contributed by atoms with Crippen molar-refractivity contribution in [3.63, 3.8) is 0 Å². The third-order valence-corrected chi connectivity index (χ3v) is 2.65. The minimum atomic E-state index is -0.686. The highest BCUT2D eigenvalue weighted by atomic mass is 32.1. The lowest BCUT2D eigenvalue weighted by atomic mass is 10.1. The number of hydrogen-bond acceptors (Lipinski definition) is 4. The normalized spacial score (nSPS) is 14.1. The third kappa shape index (κ3) is 3.05. The molecule has 1 N–H and O–H groups in total. The van der Waals surface area contributed by atoms with Gasteiger partial charge in [0, 0.05) is 11.8 Å². The maximum absolute atomic E-state index is 10.2. The monoisotopic (exact) mass is 211 g/mol. The van der Waals surface area contributed by atoms with Crippen LogP contribution < -0.4 is 0 Å². The van der Waals surface area contributed by atoms with E-state index in [0.29, 0.717) is 6.29 Å². The molecule has 76 valence electrons. The van der Waals surface area contributed by atoms with Crippen molar-refractivity contribution in [1.29, 1.82) is 0 Å². The summed E-state index contributed by atoms with van der Waals surface area (Å²) in [5, 5.41) is 12.4. The van der Waals surface area contributed by atoms with Crippen LogP contribution in [0.25, 0.3) is 6.08 Å². The van der Waals surface area contributed by atoms with Crippen LogP contribution in [0.5, 0.6) is 0 Å². The van der Waals surface area contributed by atoms with Crippen LogP contribution in [0, 0.1) is 6.92 Å². The number of nitrogens with zero attached hydrogens (tertiary/aromatic N) is 1. The Morgan fingerprint density at radius 1 is 1.79 bits per heavy atom. The van der Waals surface area contributed by atoms with Crippen molar-refractivity contribution < 1.29 is 9.90 Å². The Hall–Kier alpha value is -1.00. The van der Waals surface area contributed by atoms with E-state index in [1.54, 1.807) is 24.3 Å². The number of aliphatic hydroxyl groups is 1. The molecule has 0 saturated carbocycles. The van der Waals surface area contributed by atoms with Crippen LogP contribution in [0.15, 0.2) is 11.0 Å². The maximum atomic E-state index is 10.2. The van der Waals surface area contributed by atoms with Gasteiger partial charge >= 0.3 is 0 Å². The second kappa shape index (κ2) is 5.02. The highest BCUT2D eigenvalue weighted by molar-refractivity contribution is 7.09. The summed E-state index contributed by atoms with van der Waals surface area (Å²) in [5.74, 6) is 0.